The van der Waals surface area contributed by atoms with Crippen LogP contribution >= 0.6 is 0 Å². The third kappa shape index (κ3) is 3.43. The first-order valence-corrected chi connectivity index (χ1v) is 5.67. The van der Waals surface area contributed by atoms with Crippen LogP contribution in [0, 0.1) is 0 Å². The Labute approximate surface area is 96.3 Å². The van der Waals surface area contributed by atoms with Crippen LogP contribution in [0.2, 0.25) is 0 Å². The number of unbranched alkanes of at least 4 members (excludes halogenated alkanes) is 1. The van der Waals surface area contributed by atoms with Gasteiger partial charge in [0.15, 0.2) is 0 Å². The Morgan fingerprint density at radius 3 is 2.25 bits per heavy atom. The van der Waals surface area contributed by atoms with Crippen molar-refractivity contribution in [3.8, 4) is 0 Å². The molecule has 0 radical (unpaired) electrons. The summed E-state index contributed by atoms with van der Waals surface area (Å²) in [5.41, 5.74) is 0. The van der Waals surface area contributed by atoms with E-state index in [4.69, 9.17) is 14.6 Å². The molecule has 1 heterocycles. The number of aliphatic hydroxyl groups excluding tert-OH is 1. The van der Waals surface area contributed by atoms with Gasteiger partial charge in [0, 0.05) is 40.3 Å². The Bertz CT molecular complexity index is 210. The van der Waals surface area contributed by atoms with E-state index < -0.39 is 0 Å². The van der Waals surface area contributed by atoms with Crippen molar-refractivity contribution in [3.63, 3.8) is 0 Å². The number of nitrogens with zero attached hydrogens (tertiary/aromatic N) is 1. The number of carbonyl (C=O) groups is 1. The standard InChI is InChI=1S/C11H21NO4/c1-15-9-7-12(8-10(9)16-2)11(14)5-3-4-6-13/h9-10,13H,3-8H2,1-2H3. The van der Waals surface area contributed by atoms with Crippen LogP contribution in [0.5, 0.6) is 0 Å². The molecular formula is C11H21NO4. The normalized spacial score (nSPS) is 25.1. The zero-order chi connectivity index (χ0) is 12.0. The average molecular weight is 231 g/mol. The smallest absolute Gasteiger partial charge is 0.222 e. The second kappa shape index (κ2) is 6.83. The van der Waals surface area contributed by atoms with Gasteiger partial charge in [-0.25, -0.2) is 0 Å². The predicted molar refractivity (Wildman–Crippen MR) is 59.1 cm³/mol. The molecule has 1 fully saturated rings. The summed E-state index contributed by atoms with van der Waals surface area (Å²) in [6.45, 7) is 1.36. The minimum atomic E-state index is -0.0215. The Balaban J connectivity index is 2.35. The lowest BCUT2D eigenvalue weighted by Gasteiger charge is -2.15. The van der Waals surface area contributed by atoms with Crippen LogP contribution in [-0.4, -0.2) is 62.0 Å². The lowest BCUT2D eigenvalue weighted by molar-refractivity contribution is -0.130. The maximum atomic E-state index is 11.8. The maximum absolute atomic E-state index is 11.8. The first-order chi connectivity index (χ1) is 7.72. The van der Waals surface area contributed by atoms with Crippen LogP contribution in [0.15, 0.2) is 0 Å². The fourth-order valence-corrected chi connectivity index (χ4v) is 1.95. The van der Waals surface area contributed by atoms with Crippen LogP contribution in [0.4, 0.5) is 0 Å². The molecule has 2 unspecified atom stereocenters. The number of likely N-dealkylation sites (tertiary alicyclic amines) is 1. The van der Waals surface area contributed by atoms with E-state index in [2.05, 4.69) is 0 Å². The summed E-state index contributed by atoms with van der Waals surface area (Å²) in [5.74, 6) is 0.120. The molecule has 1 amide bonds. The highest BCUT2D eigenvalue weighted by molar-refractivity contribution is 5.76. The van der Waals surface area contributed by atoms with E-state index in [0.29, 0.717) is 25.9 Å². The molecule has 0 aliphatic carbocycles. The van der Waals surface area contributed by atoms with Gasteiger partial charge in [0.25, 0.3) is 0 Å². The largest absolute Gasteiger partial charge is 0.396 e. The summed E-state index contributed by atoms with van der Waals surface area (Å²) >= 11 is 0. The Hall–Kier alpha value is -0.650. The van der Waals surface area contributed by atoms with Crippen molar-refractivity contribution < 1.29 is 19.4 Å². The van der Waals surface area contributed by atoms with Crippen LogP contribution in [-0.2, 0) is 14.3 Å². The van der Waals surface area contributed by atoms with E-state index in [1.807, 2.05) is 0 Å². The molecule has 0 aromatic carbocycles. The van der Waals surface area contributed by atoms with Crippen molar-refractivity contribution in [1.82, 2.24) is 4.90 Å². The van der Waals surface area contributed by atoms with Crippen molar-refractivity contribution in [1.29, 1.82) is 0 Å². The third-order valence-electron chi connectivity index (χ3n) is 2.97. The molecule has 16 heavy (non-hydrogen) atoms. The molecule has 0 saturated carbocycles. The summed E-state index contributed by atoms with van der Waals surface area (Å²) in [5, 5.41) is 8.64. The van der Waals surface area contributed by atoms with Crippen LogP contribution in [0.25, 0.3) is 0 Å². The summed E-state index contributed by atoms with van der Waals surface area (Å²) in [6, 6.07) is 0. The van der Waals surface area contributed by atoms with Crippen LogP contribution in [0.3, 0.4) is 0 Å². The third-order valence-corrected chi connectivity index (χ3v) is 2.97. The molecule has 1 aliphatic heterocycles. The fourth-order valence-electron chi connectivity index (χ4n) is 1.95. The molecule has 1 N–H and O–H groups in total. The topological polar surface area (TPSA) is 59.0 Å². The molecule has 94 valence electrons. The molecule has 1 aliphatic rings. The van der Waals surface area contributed by atoms with E-state index in [1.54, 1.807) is 19.1 Å². The van der Waals surface area contributed by atoms with Crippen molar-refractivity contribution in [2.24, 2.45) is 0 Å². The maximum Gasteiger partial charge on any atom is 0.222 e. The molecule has 0 aromatic rings. The zero-order valence-corrected chi connectivity index (χ0v) is 10.0. The van der Waals surface area contributed by atoms with Gasteiger partial charge in [0.1, 0.15) is 12.2 Å². The van der Waals surface area contributed by atoms with E-state index in [0.717, 1.165) is 6.42 Å². The Morgan fingerprint density at radius 2 is 1.81 bits per heavy atom. The number of methoxy groups -OCH3 is 2. The summed E-state index contributed by atoms with van der Waals surface area (Å²) in [4.78, 5) is 13.6. The molecule has 2 atom stereocenters. The van der Waals surface area contributed by atoms with Gasteiger partial charge in [-0.05, 0) is 12.8 Å². The zero-order valence-electron chi connectivity index (χ0n) is 10.0. The molecule has 1 rings (SSSR count). The molecule has 5 nitrogen and oxygen atoms in total. The van der Waals surface area contributed by atoms with E-state index >= 15 is 0 Å². The van der Waals surface area contributed by atoms with Gasteiger partial charge < -0.3 is 19.5 Å². The van der Waals surface area contributed by atoms with Gasteiger partial charge >= 0.3 is 0 Å². The van der Waals surface area contributed by atoms with Crippen molar-refractivity contribution in [2.75, 3.05) is 33.9 Å². The van der Waals surface area contributed by atoms with Crippen LogP contribution < -0.4 is 0 Å². The number of carbonyl (C=O) groups excluding carboxylic acids is 1. The van der Waals surface area contributed by atoms with E-state index in [9.17, 15) is 4.79 Å². The van der Waals surface area contributed by atoms with Gasteiger partial charge in [-0.1, -0.05) is 0 Å². The van der Waals surface area contributed by atoms with E-state index in [-0.39, 0.29) is 24.7 Å². The monoisotopic (exact) mass is 231 g/mol. The predicted octanol–water partition coefficient (Wildman–Crippen LogP) is 0.0212. The number of aliphatic hydroxyl groups is 1. The van der Waals surface area contributed by atoms with Crippen molar-refractivity contribution >= 4 is 5.91 Å². The molecule has 1 saturated heterocycles. The van der Waals surface area contributed by atoms with Crippen molar-refractivity contribution in [3.05, 3.63) is 0 Å². The Kier molecular flexibility index (Phi) is 5.73. The fraction of sp³-hybridized carbons (Fsp3) is 0.909. The van der Waals surface area contributed by atoms with Gasteiger partial charge in [-0.15, -0.1) is 0 Å². The molecular weight excluding hydrogens is 210 g/mol. The van der Waals surface area contributed by atoms with E-state index in [1.165, 1.54) is 0 Å². The minimum absolute atomic E-state index is 0.0215. The Morgan fingerprint density at radius 1 is 1.25 bits per heavy atom. The number of rotatable bonds is 6. The van der Waals surface area contributed by atoms with Crippen LogP contribution in [0.1, 0.15) is 19.3 Å². The first kappa shape index (κ1) is 13.4. The number of amides is 1. The molecule has 5 heteroatoms. The van der Waals surface area contributed by atoms with Gasteiger partial charge in [-0.2, -0.15) is 0 Å². The molecule has 0 spiro atoms. The average Bonchev–Trinajstić information content (AvgIpc) is 2.72. The number of hydrogen-bond acceptors (Lipinski definition) is 4. The quantitative estimate of drug-likeness (QED) is 0.655. The number of ether oxygens (including phenoxy) is 2. The molecule has 0 aromatic heterocycles. The van der Waals surface area contributed by atoms with Crippen molar-refractivity contribution in [2.45, 2.75) is 31.5 Å². The summed E-state index contributed by atoms with van der Waals surface area (Å²) in [7, 11) is 3.27. The molecule has 0 bridgehead atoms. The summed E-state index contributed by atoms with van der Waals surface area (Å²) < 4.78 is 10.5. The highest BCUT2D eigenvalue weighted by Crippen LogP contribution is 2.17. The van der Waals surface area contributed by atoms with Gasteiger partial charge in [0.2, 0.25) is 5.91 Å². The second-order valence-electron chi connectivity index (χ2n) is 4.03. The highest BCUT2D eigenvalue weighted by atomic mass is 16.5. The summed E-state index contributed by atoms with van der Waals surface area (Å²) in [6.07, 6.45) is 1.87. The minimum Gasteiger partial charge on any atom is -0.396 e. The second-order valence-corrected chi connectivity index (χ2v) is 4.03. The highest BCUT2D eigenvalue weighted by Gasteiger charge is 2.34. The van der Waals surface area contributed by atoms with Gasteiger partial charge in [-0.3, -0.25) is 4.79 Å². The first-order valence-electron chi connectivity index (χ1n) is 5.67. The van der Waals surface area contributed by atoms with Gasteiger partial charge in [0.05, 0.1) is 0 Å². The lowest BCUT2D eigenvalue weighted by Crippen LogP contribution is -2.29. The lowest BCUT2D eigenvalue weighted by atomic mass is 10.2. The SMILES string of the molecule is COC1CN(C(=O)CCCCO)CC1OC. The number of hydrogen-bond donors (Lipinski definition) is 1.